The van der Waals surface area contributed by atoms with Crippen LogP contribution in [0.4, 0.5) is 0 Å². The number of hydrogen-bond acceptors (Lipinski definition) is 6. The van der Waals surface area contributed by atoms with Crippen LogP contribution in [0.5, 0.6) is 0 Å². The summed E-state index contributed by atoms with van der Waals surface area (Å²) in [4.78, 5) is 21.2. The van der Waals surface area contributed by atoms with Crippen LogP contribution in [-0.4, -0.2) is 37.1 Å². The van der Waals surface area contributed by atoms with Gasteiger partial charge in [0.1, 0.15) is 23.1 Å². The summed E-state index contributed by atoms with van der Waals surface area (Å²) in [5.41, 5.74) is 4.52. The molecule has 8 heteroatoms. The molecule has 0 aliphatic rings. The number of aryl methyl sites for hydroxylation is 1. The molecule has 0 aromatic carbocycles. The number of hydrogen-bond donors (Lipinski definition) is 1. The predicted molar refractivity (Wildman–Crippen MR) is 101 cm³/mol. The fourth-order valence-electron chi connectivity index (χ4n) is 3.05. The Labute approximate surface area is 160 Å². The number of fused-ring (bicyclic) bond motifs is 1. The van der Waals surface area contributed by atoms with Crippen molar-refractivity contribution in [2.75, 3.05) is 6.61 Å². The van der Waals surface area contributed by atoms with Crippen LogP contribution in [0.25, 0.3) is 28.2 Å². The van der Waals surface area contributed by atoms with E-state index in [1.54, 1.807) is 23.6 Å². The van der Waals surface area contributed by atoms with Crippen LogP contribution in [0.2, 0.25) is 0 Å². The Balaban J connectivity index is 1.97. The Morgan fingerprint density at radius 3 is 2.93 bits per heavy atom. The fourth-order valence-corrected chi connectivity index (χ4v) is 3.05. The smallest absolute Gasteiger partial charge is 0.357 e. The molecule has 0 aliphatic heterocycles. The molecule has 0 spiro atoms. The first-order valence-corrected chi connectivity index (χ1v) is 8.69. The first-order chi connectivity index (χ1) is 13.6. The van der Waals surface area contributed by atoms with Crippen molar-refractivity contribution in [3.8, 4) is 28.6 Å². The average Bonchev–Trinajstić information content (AvgIpc) is 3.31. The Morgan fingerprint density at radius 2 is 2.18 bits per heavy atom. The van der Waals surface area contributed by atoms with Gasteiger partial charge in [-0.05, 0) is 38.1 Å². The van der Waals surface area contributed by atoms with Crippen LogP contribution in [0.3, 0.4) is 0 Å². The molecule has 0 atom stereocenters. The summed E-state index contributed by atoms with van der Waals surface area (Å²) in [7, 11) is 0. The van der Waals surface area contributed by atoms with Crippen molar-refractivity contribution in [1.82, 2.24) is 24.6 Å². The number of carbonyl (C=O) groups excluding carboxylic acids is 1. The lowest BCUT2D eigenvalue weighted by molar-refractivity contribution is 0.0520. The largest absolute Gasteiger partial charge is 0.461 e. The topological polar surface area (TPSA) is 109 Å². The van der Waals surface area contributed by atoms with E-state index in [2.05, 4.69) is 26.2 Å². The molecule has 8 nitrogen and oxygen atoms in total. The predicted octanol–water partition coefficient (Wildman–Crippen LogP) is 3.14. The van der Waals surface area contributed by atoms with E-state index in [9.17, 15) is 10.1 Å². The summed E-state index contributed by atoms with van der Waals surface area (Å²) in [6.45, 7) is 3.88. The molecule has 1 N–H and O–H groups in total. The molecular formula is C20H16N6O2. The third-order valence-corrected chi connectivity index (χ3v) is 4.29. The van der Waals surface area contributed by atoms with Gasteiger partial charge in [0.25, 0.3) is 0 Å². The van der Waals surface area contributed by atoms with Gasteiger partial charge in [0, 0.05) is 23.0 Å². The van der Waals surface area contributed by atoms with Crippen molar-refractivity contribution in [2.45, 2.75) is 13.8 Å². The summed E-state index contributed by atoms with van der Waals surface area (Å²) in [5.74, 6) is -0.505. The maximum absolute atomic E-state index is 12.5. The first kappa shape index (κ1) is 17.4. The Kier molecular flexibility index (Phi) is 4.33. The minimum Gasteiger partial charge on any atom is -0.461 e. The van der Waals surface area contributed by atoms with E-state index in [-0.39, 0.29) is 12.3 Å². The normalized spacial score (nSPS) is 10.8. The molecule has 138 valence electrons. The second-order valence-electron chi connectivity index (χ2n) is 6.11. The summed E-state index contributed by atoms with van der Waals surface area (Å²) in [5, 5.41) is 16.4. The summed E-state index contributed by atoms with van der Waals surface area (Å²) in [6, 6.07) is 11.3. The zero-order valence-electron chi connectivity index (χ0n) is 15.3. The van der Waals surface area contributed by atoms with Gasteiger partial charge in [-0.2, -0.15) is 10.4 Å². The molecule has 0 radical (unpaired) electrons. The number of pyridine rings is 2. The van der Waals surface area contributed by atoms with Gasteiger partial charge in [0.05, 0.1) is 18.5 Å². The van der Waals surface area contributed by atoms with Crippen LogP contribution < -0.4 is 0 Å². The van der Waals surface area contributed by atoms with Crippen LogP contribution in [-0.2, 0) is 4.74 Å². The molecular weight excluding hydrogens is 356 g/mol. The minimum absolute atomic E-state index is 0.234. The number of imidazole rings is 1. The Hall–Kier alpha value is -3.99. The van der Waals surface area contributed by atoms with Crippen molar-refractivity contribution in [3.63, 3.8) is 0 Å². The molecule has 0 aliphatic carbocycles. The highest BCUT2D eigenvalue weighted by molar-refractivity contribution is 5.99. The summed E-state index contributed by atoms with van der Waals surface area (Å²) >= 11 is 0. The van der Waals surface area contributed by atoms with E-state index >= 15 is 0 Å². The van der Waals surface area contributed by atoms with Crippen LogP contribution in [0.15, 0.2) is 42.7 Å². The number of H-pyrrole nitrogens is 1. The van der Waals surface area contributed by atoms with E-state index in [1.807, 2.05) is 31.2 Å². The second-order valence-corrected chi connectivity index (χ2v) is 6.11. The molecule has 0 bridgehead atoms. The maximum atomic E-state index is 12.5. The molecule has 4 heterocycles. The van der Waals surface area contributed by atoms with E-state index < -0.39 is 5.97 Å². The highest BCUT2D eigenvalue weighted by Crippen LogP contribution is 2.33. The number of nitriles is 1. The van der Waals surface area contributed by atoms with Gasteiger partial charge >= 0.3 is 5.97 Å². The molecule has 0 fully saturated rings. The van der Waals surface area contributed by atoms with Gasteiger partial charge in [0.2, 0.25) is 0 Å². The van der Waals surface area contributed by atoms with E-state index in [4.69, 9.17) is 4.74 Å². The summed E-state index contributed by atoms with van der Waals surface area (Å²) < 4.78 is 6.85. The number of aromatic nitrogens is 5. The maximum Gasteiger partial charge on any atom is 0.357 e. The van der Waals surface area contributed by atoms with Crippen molar-refractivity contribution in [3.05, 3.63) is 59.8 Å². The van der Waals surface area contributed by atoms with Gasteiger partial charge in [-0.25, -0.2) is 9.78 Å². The lowest BCUT2D eigenvalue weighted by Crippen LogP contribution is -2.07. The van der Waals surface area contributed by atoms with Crippen molar-refractivity contribution in [1.29, 1.82) is 5.26 Å². The molecule has 0 unspecified atom stereocenters. The average molecular weight is 372 g/mol. The standard InChI is InChI=1S/C20H16N6O2/c1-3-28-20(27)19-17(18(24-25-19)15-6-4-5-12(2)23-15)13-7-8-16-22-10-14(9-21)26(16)11-13/h4-8,10-11H,3H2,1-2H3,(H,24,25). The molecule has 0 amide bonds. The van der Waals surface area contributed by atoms with Gasteiger partial charge in [-0.1, -0.05) is 6.07 Å². The van der Waals surface area contributed by atoms with Gasteiger partial charge in [-0.15, -0.1) is 0 Å². The molecule has 4 aromatic heterocycles. The third kappa shape index (κ3) is 2.89. The van der Waals surface area contributed by atoms with Crippen LogP contribution in [0.1, 0.15) is 28.8 Å². The molecule has 4 rings (SSSR count). The number of aromatic amines is 1. The number of esters is 1. The first-order valence-electron chi connectivity index (χ1n) is 8.69. The third-order valence-electron chi connectivity index (χ3n) is 4.29. The number of rotatable bonds is 4. The minimum atomic E-state index is -0.505. The van der Waals surface area contributed by atoms with Gasteiger partial charge < -0.3 is 4.74 Å². The lowest BCUT2D eigenvalue weighted by atomic mass is 10.0. The summed E-state index contributed by atoms with van der Waals surface area (Å²) in [6.07, 6.45) is 3.26. The van der Waals surface area contributed by atoms with Gasteiger partial charge in [-0.3, -0.25) is 14.5 Å². The number of ether oxygens (including phenoxy) is 1. The lowest BCUT2D eigenvalue weighted by Gasteiger charge is -2.07. The molecule has 0 saturated heterocycles. The van der Waals surface area contributed by atoms with E-state index in [0.29, 0.717) is 33.9 Å². The second kappa shape index (κ2) is 6.96. The molecule has 28 heavy (non-hydrogen) atoms. The quantitative estimate of drug-likeness (QED) is 0.551. The van der Waals surface area contributed by atoms with Crippen molar-refractivity contribution >= 4 is 11.6 Å². The highest BCUT2D eigenvalue weighted by Gasteiger charge is 2.24. The number of nitrogens with zero attached hydrogens (tertiary/aromatic N) is 5. The zero-order chi connectivity index (χ0) is 19.7. The molecule has 0 saturated carbocycles. The monoisotopic (exact) mass is 372 g/mol. The highest BCUT2D eigenvalue weighted by atomic mass is 16.5. The Morgan fingerprint density at radius 1 is 1.32 bits per heavy atom. The zero-order valence-corrected chi connectivity index (χ0v) is 15.3. The Bertz CT molecular complexity index is 1230. The van der Waals surface area contributed by atoms with Crippen molar-refractivity contribution < 1.29 is 9.53 Å². The van der Waals surface area contributed by atoms with Crippen LogP contribution in [0, 0.1) is 18.3 Å². The van der Waals surface area contributed by atoms with Crippen molar-refractivity contribution in [2.24, 2.45) is 0 Å². The number of carbonyl (C=O) groups is 1. The molecule has 4 aromatic rings. The number of nitrogens with one attached hydrogen (secondary N) is 1. The van der Waals surface area contributed by atoms with Crippen LogP contribution >= 0.6 is 0 Å². The van der Waals surface area contributed by atoms with Gasteiger partial charge in [0.15, 0.2) is 5.69 Å². The van der Waals surface area contributed by atoms with E-state index in [1.165, 1.54) is 6.20 Å². The SMILES string of the molecule is CCOC(=O)c1[nH]nc(-c2cccc(C)n2)c1-c1ccc2ncc(C#N)n2c1. The van der Waals surface area contributed by atoms with E-state index in [0.717, 1.165) is 5.69 Å². The fraction of sp³-hybridized carbons (Fsp3) is 0.150.